The van der Waals surface area contributed by atoms with E-state index in [1.54, 1.807) is 12.3 Å². The number of hydrazone groups is 1. The van der Waals surface area contributed by atoms with Crippen LogP contribution in [0.1, 0.15) is 67.1 Å². The summed E-state index contributed by atoms with van der Waals surface area (Å²) in [6.45, 7) is 8.17. The Bertz CT molecular complexity index is 1380. The molecule has 2 aromatic carbocycles. The Hall–Kier alpha value is -4.52. The van der Waals surface area contributed by atoms with Gasteiger partial charge in [0.15, 0.2) is 6.29 Å². The first-order valence-electron chi connectivity index (χ1n) is 14.1. The minimum Gasteiger partial charge on any atom is -0.387 e. The van der Waals surface area contributed by atoms with Crippen molar-refractivity contribution in [2.45, 2.75) is 46.6 Å². The van der Waals surface area contributed by atoms with Crippen molar-refractivity contribution >= 4 is 29.8 Å². The highest BCUT2D eigenvalue weighted by Gasteiger charge is 2.19. The van der Waals surface area contributed by atoms with Gasteiger partial charge in [-0.25, -0.2) is 4.99 Å². The Morgan fingerprint density at radius 1 is 1.05 bits per heavy atom. The molecule has 7 heteroatoms. The second kappa shape index (κ2) is 15.9. The molecule has 41 heavy (non-hydrogen) atoms. The SMILES string of the molecule is C/C=C\C(=C/C1=CC=C(C(=O)N(CCC)CCC)CC(N)=N1)c1ccc(C=O)c(/C=N\N(C)Cc2ccccc2)c1. The maximum absolute atomic E-state index is 13.2. The predicted octanol–water partition coefficient (Wildman–Crippen LogP) is 6.14. The maximum Gasteiger partial charge on any atom is 0.250 e. The molecule has 0 bridgehead atoms. The Balaban J connectivity index is 1.92. The molecule has 0 unspecified atom stereocenters. The Morgan fingerprint density at radius 2 is 1.78 bits per heavy atom. The van der Waals surface area contributed by atoms with Gasteiger partial charge in [0.1, 0.15) is 5.84 Å². The van der Waals surface area contributed by atoms with E-state index >= 15 is 0 Å². The van der Waals surface area contributed by atoms with Crippen LogP contribution in [0.5, 0.6) is 0 Å². The molecule has 0 atom stereocenters. The maximum atomic E-state index is 13.2. The van der Waals surface area contributed by atoms with Gasteiger partial charge in [0, 0.05) is 43.3 Å². The fourth-order valence-electron chi connectivity index (χ4n) is 4.56. The van der Waals surface area contributed by atoms with Crippen LogP contribution in [-0.2, 0) is 11.3 Å². The van der Waals surface area contributed by atoms with E-state index in [0.717, 1.165) is 35.8 Å². The third-order valence-electron chi connectivity index (χ3n) is 6.49. The molecule has 1 heterocycles. The van der Waals surface area contributed by atoms with Crippen molar-refractivity contribution in [1.82, 2.24) is 9.91 Å². The number of benzene rings is 2. The van der Waals surface area contributed by atoms with Gasteiger partial charge in [-0.2, -0.15) is 5.10 Å². The second-order valence-corrected chi connectivity index (χ2v) is 9.96. The van der Waals surface area contributed by atoms with Crippen LogP contribution >= 0.6 is 0 Å². The Morgan fingerprint density at radius 3 is 2.44 bits per heavy atom. The quantitative estimate of drug-likeness (QED) is 0.140. The summed E-state index contributed by atoms with van der Waals surface area (Å²) in [5, 5.41) is 6.40. The number of nitrogens with two attached hydrogens (primary N) is 1. The zero-order chi connectivity index (χ0) is 29.6. The normalized spacial score (nSPS) is 14.0. The van der Waals surface area contributed by atoms with Gasteiger partial charge in [-0.05, 0) is 54.7 Å². The first-order chi connectivity index (χ1) is 19.9. The summed E-state index contributed by atoms with van der Waals surface area (Å²) >= 11 is 0. The zero-order valence-corrected chi connectivity index (χ0v) is 24.6. The van der Waals surface area contributed by atoms with Crippen LogP contribution in [-0.4, -0.2) is 54.3 Å². The molecule has 1 amide bonds. The van der Waals surface area contributed by atoms with Gasteiger partial charge < -0.3 is 10.6 Å². The fraction of sp³-hybridized carbons (Fsp3) is 0.294. The van der Waals surface area contributed by atoms with Crippen molar-refractivity contribution in [3.8, 4) is 0 Å². The lowest BCUT2D eigenvalue weighted by Crippen LogP contribution is -2.34. The fourth-order valence-corrected chi connectivity index (χ4v) is 4.56. The van der Waals surface area contributed by atoms with E-state index < -0.39 is 0 Å². The van der Waals surface area contributed by atoms with E-state index in [2.05, 4.69) is 36.1 Å². The largest absolute Gasteiger partial charge is 0.387 e. The number of amidine groups is 1. The molecule has 1 aliphatic rings. The number of allylic oxidation sites excluding steroid dienone is 6. The predicted molar refractivity (Wildman–Crippen MR) is 170 cm³/mol. The Labute approximate surface area is 244 Å². The summed E-state index contributed by atoms with van der Waals surface area (Å²) in [4.78, 5) is 31.5. The summed E-state index contributed by atoms with van der Waals surface area (Å²) < 4.78 is 0. The molecule has 0 saturated heterocycles. The highest BCUT2D eigenvalue weighted by Crippen LogP contribution is 2.23. The van der Waals surface area contributed by atoms with E-state index in [9.17, 15) is 9.59 Å². The smallest absolute Gasteiger partial charge is 0.250 e. The molecule has 2 N–H and O–H groups in total. The minimum atomic E-state index is 0.00706. The van der Waals surface area contributed by atoms with Crippen molar-refractivity contribution in [2.24, 2.45) is 15.8 Å². The Kier molecular flexibility index (Phi) is 12.0. The van der Waals surface area contributed by atoms with Gasteiger partial charge in [0.25, 0.3) is 0 Å². The van der Waals surface area contributed by atoms with Gasteiger partial charge in [0.05, 0.1) is 18.5 Å². The number of nitrogens with zero attached hydrogens (tertiary/aromatic N) is 4. The lowest BCUT2D eigenvalue weighted by Gasteiger charge is -2.22. The van der Waals surface area contributed by atoms with E-state index in [1.807, 2.05) is 84.6 Å². The van der Waals surface area contributed by atoms with Crippen LogP contribution in [0.25, 0.3) is 5.57 Å². The van der Waals surface area contributed by atoms with Gasteiger partial charge in [0.2, 0.25) is 5.91 Å². The average Bonchev–Trinajstić information content (AvgIpc) is 3.16. The summed E-state index contributed by atoms with van der Waals surface area (Å²) in [6.07, 6.45) is 14.2. The molecule has 7 nitrogen and oxygen atoms in total. The molecule has 0 aromatic heterocycles. The molecule has 0 fully saturated rings. The van der Waals surface area contributed by atoms with Crippen molar-refractivity contribution in [2.75, 3.05) is 20.1 Å². The van der Waals surface area contributed by atoms with Crippen LogP contribution in [0.3, 0.4) is 0 Å². The van der Waals surface area contributed by atoms with Crippen molar-refractivity contribution in [3.05, 3.63) is 112 Å². The van der Waals surface area contributed by atoms with E-state index in [1.165, 1.54) is 0 Å². The number of amides is 1. The second-order valence-electron chi connectivity index (χ2n) is 9.96. The summed E-state index contributed by atoms with van der Waals surface area (Å²) in [7, 11) is 1.90. The molecular formula is C34H41N5O2. The van der Waals surface area contributed by atoms with Crippen LogP contribution in [0.15, 0.2) is 100 Å². The van der Waals surface area contributed by atoms with Crippen LogP contribution in [0.4, 0.5) is 0 Å². The van der Waals surface area contributed by atoms with E-state index in [4.69, 9.17) is 5.73 Å². The molecule has 1 aliphatic heterocycles. The molecule has 3 rings (SSSR count). The summed E-state index contributed by atoms with van der Waals surface area (Å²) in [5.74, 6) is 0.399. The number of carbonyl (C=O) groups excluding carboxylic acids is 2. The number of rotatable bonds is 13. The first-order valence-corrected chi connectivity index (χ1v) is 14.1. The number of hydrogen-bond donors (Lipinski definition) is 1. The highest BCUT2D eigenvalue weighted by atomic mass is 16.2. The molecule has 0 saturated carbocycles. The third-order valence-corrected chi connectivity index (χ3v) is 6.49. The number of aldehydes is 1. The number of hydrogen-bond acceptors (Lipinski definition) is 6. The van der Waals surface area contributed by atoms with Crippen LogP contribution in [0.2, 0.25) is 0 Å². The standard InChI is InChI=1S/C34H41N5O2/c1-5-11-27(21-32-17-16-29(22-33(35)37-32)34(41)39(18-6-2)19-7-3)28-14-15-30(25-40)31(20-28)23-36-38(4)24-26-12-9-8-10-13-26/h5,8-17,20-21,23,25H,6-7,18-19,22,24H2,1-4H3,(H2,35,37)/b11-5-,27-21+,36-23-. The number of carbonyl (C=O) groups is 2. The van der Waals surface area contributed by atoms with Crippen LogP contribution in [0, 0.1) is 0 Å². The van der Waals surface area contributed by atoms with Gasteiger partial charge >= 0.3 is 0 Å². The van der Waals surface area contributed by atoms with E-state index in [-0.39, 0.29) is 5.91 Å². The lowest BCUT2D eigenvalue weighted by atomic mass is 9.98. The summed E-state index contributed by atoms with van der Waals surface area (Å²) in [6, 6.07) is 15.7. The highest BCUT2D eigenvalue weighted by molar-refractivity contribution is 6.01. The average molecular weight is 552 g/mol. The molecule has 0 radical (unpaired) electrons. The topological polar surface area (TPSA) is 91.4 Å². The van der Waals surface area contributed by atoms with Crippen molar-refractivity contribution in [3.63, 3.8) is 0 Å². The van der Waals surface area contributed by atoms with E-state index in [0.29, 0.717) is 54.3 Å². The third kappa shape index (κ3) is 9.28. The number of aliphatic imine (C=N–C) groups is 1. The van der Waals surface area contributed by atoms with Gasteiger partial charge in [-0.1, -0.05) is 74.5 Å². The summed E-state index contributed by atoms with van der Waals surface area (Å²) in [5.41, 5.74) is 11.8. The molecule has 0 aliphatic carbocycles. The molecule has 214 valence electrons. The van der Waals surface area contributed by atoms with Crippen LogP contribution < -0.4 is 5.73 Å². The minimum absolute atomic E-state index is 0.00706. The van der Waals surface area contributed by atoms with Gasteiger partial charge in [-0.15, -0.1) is 0 Å². The van der Waals surface area contributed by atoms with Crippen molar-refractivity contribution in [1.29, 1.82) is 0 Å². The monoisotopic (exact) mass is 551 g/mol. The van der Waals surface area contributed by atoms with Crippen molar-refractivity contribution < 1.29 is 9.59 Å². The molecule has 2 aromatic rings. The zero-order valence-electron chi connectivity index (χ0n) is 24.6. The lowest BCUT2D eigenvalue weighted by molar-refractivity contribution is -0.127. The van der Waals surface area contributed by atoms with Gasteiger partial charge in [-0.3, -0.25) is 14.6 Å². The first kappa shape index (κ1) is 31.0. The molecule has 0 spiro atoms. The molecular weight excluding hydrogens is 510 g/mol.